The van der Waals surface area contributed by atoms with Gasteiger partial charge in [-0.15, -0.1) is 0 Å². The molecule has 92 valence electrons. The van der Waals surface area contributed by atoms with Crippen molar-refractivity contribution in [1.82, 2.24) is 0 Å². The zero-order valence-electron chi connectivity index (χ0n) is 8.60. The van der Waals surface area contributed by atoms with Gasteiger partial charge in [0.15, 0.2) is 0 Å². The molecule has 0 saturated heterocycles. The summed E-state index contributed by atoms with van der Waals surface area (Å²) in [6, 6.07) is 0. The van der Waals surface area contributed by atoms with Crippen molar-refractivity contribution in [1.29, 1.82) is 0 Å². The average molecular weight is 236 g/mol. The van der Waals surface area contributed by atoms with Crippen LogP contribution in [0.5, 0.6) is 0 Å². The lowest BCUT2D eigenvalue weighted by atomic mass is 10.0. The molecular formula is C9H14F6. The van der Waals surface area contributed by atoms with E-state index in [9.17, 15) is 26.3 Å². The molecule has 0 aromatic carbocycles. The molecule has 0 aliphatic heterocycles. The summed E-state index contributed by atoms with van der Waals surface area (Å²) in [5.41, 5.74) is 0. The van der Waals surface area contributed by atoms with Gasteiger partial charge in [0, 0.05) is 6.42 Å². The van der Waals surface area contributed by atoms with Crippen LogP contribution in [0.1, 0.15) is 39.5 Å². The molecule has 0 heterocycles. The van der Waals surface area contributed by atoms with E-state index in [0.29, 0.717) is 6.92 Å². The molecule has 0 nitrogen and oxygen atoms in total. The van der Waals surface area contributed by atoms with Gasteiger partial charge in [0.05, 0.1) is 12.8 Å². The molecular weight excluding hydrogens is 222 g/mol. The van der Waals surface area contributed by atoms with Crippen molar-refractivity contribution < 1.29 is 26.3 Å². The Morgan fingerprint density at radius 2 is 1.27 bits per heavy atom. The summed E-state index contributed by atoms with van der Waals surface area (Å²) in [7, 11) is 0. The minimum Gasteiger partial charge on any atom is -0.207 e. The van der Waals surface area contributed by atoms with Crippen LogP contribution in [-0.4, -0.2) is 17.8 Å². The van der Waals surface area contributed by atoms with E-state index < -0.39 is 37.0 Å². The fraction of sp³-hybridized carbons (Fsp3) is 1.00. The second-order valence-electron chi connectivity index (χ2n) is 3.89. The number of hydrogen-bond acceptors (Lipinski definition) is 0. The summed E-state index contributed by atoms with van der Waals surface area (Å²) in [4.78, 5) is 0. The molecule has 0 spiro atoms. The number of halogens is 6. The van der Waals surface area contributed by atoms with Gasteiger partial charge in [0.2, 0.25) is 0 Å². The summed E-state index contributed by atoms with van der Waals surface area (Å²) >= 11 is 0. The first-order chi connectivity index (χ1) is 6.47. The minimum absolute atomic E-state index is 0.0333. The molecule has 0 rings (SSSR count). The average Bonchev–Trinajstić information content (AvgIpc) is 1.74. The van der Waals surface area contributed by atoms with E-state index in [0.717, 1.165) is 0 Å². The molecule has 6 heteroatoms. The number of alkyl halides is 6. The molecule has 0 atom stereocenters. The van der Waals surface area contributed by atoms with Gasteiger partial charge < -0.3 is 0 Å². The maximum Gasteiger partial charge on any atom is 0.259 e. The van der Waals surface area contributed by atoms with E-state index in [2.05, 4.69) is 0 Å². The van der Waals surface area contributed by atoms with Crippen LogP contribution in [0.25, 0.3) is 0 Å². The first-order valence-corrected chi connectivity index (χ1v) is 4.61. The summed E-state index contributed by atoms with van der Waals surface area (Å²) in [5, 5.41) is 0. The Labute approximate surface area is 84.7 Å². The van der Waals surface area contributed by atoms with Crippen LogP contribution < -0.4 is 0 Å². The predicted octanol–water partition coefficient (Wildman–Crippen LogP) is 4.49. The standard InChI is InChI=1S/C9H14F6/c1-3-4-8(12,13)6-9(14,15)5-7(2,10)11/h3-6H2,1-2H3. The SMILES string of the molecule is CCCC(F)(F)CC(F)(F)CC(C)(F)F. The molecule has 0 aromatic rings. The second-order valence-corrected chi connectivity index (χ2v) is 3.89. The van der Waals surface area contributed by atoms with Crippen molar-refractivity contribution in [2.75, 3.05) is 0 Å². The highest BCUT2D eigenvalue weighted by molar-refractivity contribution is 4.81. The van der Waals surface area contributed by atoms with E-state index in [1.807, 2.05) is 0 Å². The zero-order valence-corrected chi connectivity index (χ0v) is 8.60. The van der Waals surface area contributed by atoms with Crippen LogP contribution in [0.4, 0.5) is 26.3 Å². The quantitative estimate of drug-likeness (QED) is 0.596. The second kappa shape index (κ2) is 4.61. The largest absolute Gasteiger partial charge is 0.259 e. The van der Waals surface area contributed by atoms with Crippen LogP contribution in [0, 0.1) is 0 Å². The Morgan fingerprint density at radius 1 is 0.800 bits per heavy atom. The van der Waals surface area contributed by atoms with Crippen LogP contribution in [-0.2, 0) is 0 Å². The van der Waals surface area contributed by atoms with Gasteiger partial charge in [-0.05, 0) is 6.92 Å². The Morgan fingerprint density at radius 3 is 1.60 bits per heavy atom. The molecule has 0 saturated carbocycles. The highest BCUT2D eigenvalue weighted by atomic mass is 19.3. The molecule has 0 bridgehead atoms. The topological polar surface area (TPSA) is 0 Å². The number of hydrogen-bond donors (Lipinski definition) is 0. The molecule has 0 aliphatic carbocycles. The van der Waals surface area contributed by atoms with Gasteiger partial charge in [-0.25, -0.2) is 26.3 Å². The van der Waals surface area contributed by atoms with Crippen molar-refractivity contribution in [3.05, 3.63) is 0 Å². The van der Waals surface area contributed by atoms with Gasteiger partial charge in [0.1, 0.15) is 0 Å². The molecule has 0 amide bonds. The smallest absolute Gasteiger partial charge is 0.207 e. The lowest BCUT2D eigenvalue weighted by Crippen LogP contribution is -2.33. The van der Waals surface area contributed by atoms with Crippen molar-refractivity contribution in [3.63, 3.8) is 0 Å². The summed E-state index contributed by atoms with van der Waals surface area (Å²) < 4.78 is 75.6. The van der Waals surface area contributed by atoms with E-state index in [-0.39, 0.29) is 6.42 Å². The molecule has 0 N–H and O–H groups in total. The highest BCUT2D eigenvalue weighted by Crippen LogP contribution is 2.39. The zero-order chi connectivity index (χ0) is 12.3. The van der Waals surface area contributed by atoms with Gasteiger partial charge >= 0.3 is 0 Å². The molecule has 15 heavy (non-hydrogen) atoms. The van der Waals surface area contributed by atoms with Gasteiger partial charge in [-0.3, -0.25) is 0 Å². The van der Waals surface area contributed by atoms with Crippen molar-refractivity contribution >= 4 is 0 Å². The predicted molar refractivity (Wildman–Crippen MR) is 44.7 cm³/mol. The Kier molecular flexibility index (Phi) is 4.49. The van der Waals surface area contributed by atoms with Crippen molar-refractivity contribution in [3.8, 4) is 0 Å². The van der Waals surface area contributed by atoms with E-state index in [4.69, 9.17) is 0 Å². The van der Waals surface area contributed by atoms with E-state index in [1.54, 1.807) is 0 Å². The van der Waals surface area contributed by atoms with Crippen LogP contribution >= 0.6 is 0 Å². The first-order valence-electron chi connectivity index (χ1n) is 4.61. The molecule has 0 aliphatic rings. The minimum atomic E-state index is -4.03. The van der Waals surface area contributed by atoms with Crippen LogP contribution in [0.15, 0.2) is 0 Å². The van der Waals surface area contributed by atoms with Crippen LogP contribution in [0.3, 0.4) is 0 Å². The Balaban J connectivity index is 4.36. The summed E-state index contributed by atoms with van der Waals surface area (Å²) in [6.45, 7) is 1.71. The lowest BCUT2D eigenvalue weighted by molar-refractivity contribution is -0.153. The lowest BCUT2D eigenvalue weighted by Gasteiger charge is -2.24. The fourth-order valence-corrected chi connectivity index (χ4v) is 1.35. The molecule has 0 unspecified atom stereocenters. The highest BCUT2D eigenvalue weighted by Gasteiger charge is 2.47. The van der Waals surface area contributed by atoms with Gasteiger partial charge in [-0.2, -0.15) is 0 Å². The van der Waals surface area contributed by atoms with Crippen LogP contribution in [0.2, 0.25) is 0 Å². The molecule has 0 fully saturated rings. The fourth-order valence-electron chi connectivity index (χ4n) is 1.35. The molecule has 0 aromatic heterocycles. The third kappa shape index (κ3) is 7.50. The maximum absolute atomic E-state index is 12.8. The van der Waals surface area contributed by atoms with Gasteiger partial charge in [0.25, 0.3) is 17.8 Å². The Bertz CT molecular complexity index is 193. The van der Waals surface area contributed by atoms with E-state index >= 15 is 0 Å². The summed E-state index contributed by atoms with van der Waals surface area (Å²) in [5.74, 6) is -11.2. The maximum atomic E-state index is 12.8. The summed E-state index contributed by atoms with van der Waals surface area (Å²) in [6.07, 6.45) is -4.32. The monoisotopic (exact) mass is 236 g/mol. The molecule has 0 radical (unpaired) electrons. The van der Waals surface area contributed by atoms with Crippen molar-refractivity contribution in [2.24, 2.45) is 0 Å². The first kappa shape index (κ1) is 14.6. The normalized spacial score (nSPS) is 14.4. The third-order valence-electron chi connectivity index (χ3n) is 1.70. The Hall–Kier alpha value is -0.420. The van der Waals surface area contributed by atoms with Gasteiger partial charge in [-0.1, -0.05) is 13.3 Å². The third-order valence-corrected chi connectivity index (χ3v) is 1.70. The van der Waals surface area contributed by atoms with E-state index in [1.165, 1.54) is 6.92 Å². The number of rotatable bonds is 6. The van der Waals surface area contributed by atoms with Crippen molar-refractivity contribution in [2.45, 2.75) is 57.3 Å².